The third-order valence-corrected chi connectivity index (χ3v) is 2.49. The molecule has 6 heteroatoms. The van der Waals surface area contributed by atoms with E-state index in [9.17, 15) is 13.6 Å². The van der Waals surface area contributed by atoms with Gasteiger partial charge in [0, 0.05) is 13.1 Å². The van der Waals surface area contributed by atoms with Gasteiger partial charge >= 0.3 is 6.03 Å². The van der Waals surface area contributed by atoms with Gasteiger partial charge in [-0.2, -0.15) is 0 Å². The van der Waals surface area contributed by atoms with Crippen LogP contribution in [0, 0.1) is 11.6 Å². The summed E-state index contributed by atoms with van der Waals surface area (Å²) in [5, 5.41) is 2.23. The van der Waals surface area contributed by atoms with Gasteiger partial charge in [-0.1, -0.05) is 6.07 Å². The lowest BCUT2D eigenvalue weighted by Gasteiger charge is -2.27. The number of halogens is 2. The highest BCUT2D eigenvalue weighted by atomic mass is 19.1. The molecule has 1 fully saturated rings. The largest absolute Gasteiger partial charge is 0.378 e. The number of nitrogens with zero attached hydrogens (tertiary/aromatic N) is 1. The molecule has 0 aromatic heterocycles. The van der Waals surface area contributed by atoms with E-state index in [2.05, 4.69) is 5.32 Å². The molecule has 2 amide bonds. The first kappa shape index (κ1) is 11.8. The van der Waals surface area contributed by atoms with E-state index in [1.54, 1.807) is 0 Å². The van der Waals surface area contributed by atoms with Gasteiger partial charge in [0.2, 0.25) is 0 Å². The van der Waals surface area contributed by atoms with E-state index in [4.69, 9.17) is 4.74 Å². The number of carbonyl (C=O) groups excluding carboxylic acids is 1. The average molecular weight is 242 g/mol. The second-order valence-corrected chi connectivity index (χ2v) is 3.63. The van der Waals surface area contributed by atoms with Crippen LogP contribution in [-0.4, -0.2) is 37.2 Å². The number of carbonyl (C=O) groups is 1. The molecule has 1 aliphatic rings. The van der Waals surface area contributed by atoms with Crippen LogP contribution in [-0.2, 0) is 4.74 Å². The summed E-state index contributed by atoms with van der Waals surface area (Å²) in [5.74, 6) is -1.57. The molecule has 17 heavy (non-hydrogen) atoms. The lowest BCUT2D eigenvalue weighted by Crippen LogP contribution is -2.43. The lowest BCUT2D eigenvalue weighted by atomic mass is 10.3. The summed E-state index contributed by atoms with van der Waals surface area (Å²) in [7, 11) is 0. The molecule has 1 saturated heterocycles. The van der Waals surface area contributed by atoms with Crippen LogP contribution in [0.25, 0.3) is 0 Å². The summed E-state index contributed by atoms with van der Waals surface area (Å²) in [5.41, 5.74) is -0.413. The Morgan fingerprint density at radius 3 is 2.41 bits per heavy atom. The van der Waals surface area contributed by atoms with E-state index in [-0.39, 0.29) is 0 Å². The molecule has 0 atom stereocenters. The summed E-state index contributed by atoms with van der Waals surface area (Å²) >= 11 is 0. The Balaban J connectivity index is 2.07. The molecule has 0 saturated carbocycles. The van der Waals surface area contributed by atoms with Crippen molar-refractivity contribution in [2.24, 2.45) is 0 Å². The molecule has 0 spiro atoms. The smallest absolute Gasteiger partial charge is 0.322 e. The number of hydrogen-bond donors (Lipinski definition) is 1. The van der Waals surface area contributed by atoms with E-state index >= 15 is 0 Å². The number of anilines is 1. The number of urea groups is 1. The number of morpholine rings is 1. The summed E-state index contributed by atoms with van der Waals surface area (Å²) in [6, 6.07) is 2.92. The van der Waals surface area contributed by atoms with Crippen LogP contribution in [0.15, 0.2) is 18.2 Å². The van der Waals surface area contributed by atoms with E-state index in [1.165, 1.54) is 11.0 Å². The fraction of sp³-hybridized carbons (Fsp3) is 0.364. The van der Waals surface area contributed by atoms with Crippen LogP contribution >= 0.6 is 0 Å². The van der Waals surface area contributed by atoms with Crippen LogP contribution in [0.1, 0.15) is 0 Å². The topological polar surface area (TPSA) is 41.6 Å². The third-order valence-electron chi connectivity index (χ3n) is 2.49. The van der Waals surface area contributed by atoms with Gasteiger partial charge in [-0.05, 0) is 12.1 Å². The van der Waals surface area contributed by atoms with Crippen molar-refractivity contribution in [3.63, 3.8) is 0 Å². The van der Waals surface area contributed by atoms with Gasteiger partial charge in [0.05, 0.1) is 13.2 Å². The molecule has 0 radical (unpaired) electrons. The Hall–Kier alpha value is -1.69. The molecular weight excluding hydrogens is 230 g/mol. The van der Waals surface area contributed by atoms with Gasteiger partial charge < -0.3 is 15.0 Å². The molecular formula is C11H12F2N2O2. The van der Waals surface area contributed by atoms with Gasteiger partial charge in [-0.15, -0.1) is 0 Å². The Bertz CT molecular complexity index is 400. The summed E-state index contributed by atoms with van der Waals surface area (Å²) in [6.45, 7) is 1.71. The summed E-state index contributed by atoms with van der Waals surface area (Å²) in [4.78, 5) is 13.2. The first-order chi connectivity index (χ1) is 8.18. The van der Waals surface area contributed by atoms with Crippen molar-refractivity contribution < 1.29 is 18.3 Å². The summed E-state index contributed by atoms with van der Waals surface area (Å²) < 4.78 is 31.6. The Morgan fingerprint density at radius 2 is 1.82 bits per heavy atom. The lowest BCUT2D eigenvalue weighted by molar-refractivity contribution is 0.0564. The van der Waals surface area contributed by atoms with Crippen molar-refractivity contribution in [2.45, 2.75) is 0 Å². The fourth-order valence-electron chi connectivity index (χ4n) is 1.57. The molecule has 1 aromatic rings. The zero-order valence-electron chi connectivity index (χ0n) is 9.08. The van der Waals surface area contributed by atoms with Crippen LogP contribution in [0.4, 0.5) is 19.3 Å². The maximum atomic E-state index is 13.3. The molecule has 1 aliphatic heterocycles. The highest BCUT2D eigenvalue weighted by molar-refractivity contribution is 5.89. The number of para-hydroxylation sites is 1. The highest BCUT2D eigenvalue weighted by Crippen LogP contribution is 2.18. The SMILES string of the molecule is O=C(Nc1c(F)cccc1F)N1CCOCC1. The number of benzene rings is 1. The van der Waals surface area contributed by atoms with Crippen molar-refractivity contribution in [3.05, 3.63) is 29.8 Å². The normalized spacial score (nSPS) is 15.8. The van der Waals surface area contributed by atoms with Gasteiger partial charge in [0.1, 0.15) is 17.3 Å². The number of rotatable bonds is 1. The zero-order chi connectivity index (χ0) is 12.3. The van der Waals surface area contributed by atoms with E-state index < -0.39 is 23.4 Å². The minimum atomic E-state index is -0.786. The highest BCUT2D eigenvalue weighted by Gasteiger charge is 2.19. The van der Waals surface area contributed by atoms with E-state index in [1.807, 2.05) is 0 Å². The fourth-order valence-corrected chi connectivity index (χ4v) is 1.57. The number of hydrogen-bond acceptors (Lipinski definition) is 2. The van der Waals surface area contributed by atoms with Gasteiger partial charge in [0.15, 0.2) is 0 Å². The molecule has 4 nitrogen and oxygen atoms in total. The Labute approximate surface area is 97.2 Å². The summed E-state index contributed by atoms with van der Waals surface area (Å²) in [6.07, 6.45) is 0. The third kappa shape index (κ3) is 2.71. The second kappa shape index (κ2) is 5.09. The number of amides is 2. The number of nitrogens with one attached hydrogen (secondary N) is 1. The number of ether oxygens (including phenoxy) is 1. The molecule has 0 bridgehead atoms. The van der Waals surface area contributed by atoms with Crippen LogP contribution in [0.3, 0.4) is 0 Å². The van der Waals surface area contributed by atoms with Crippen molar-refractivity contribution in [1.82, 2.24) is 4.90 Å². The van der Waals surface area contributed by atoms with Crippen molar-refractivity contribution in [3.8, 4) is 0 Å². The zero-order valence-corrected chi connectivity index (χ0v) is 9.08. The molecule has 0 unspecified atom stereocenters. The minimum absolute atomic E-state index is 0.413. The molecule has 2 rings (SSSR count). The van der Waals surface area contributed by atoms with Crippen molar-refractivity contribution >= 4 is 11.7 Å². The van der Waals surface area contributed by atoms with E-state index in [0.29, 0.717) is 26.3 Å². The monoisotopic (exact) mass is 242 g/mol. The Kier molecular flexibility index (Phi) is 3.53. The van der Waals surface area contributed by atoms with E-state index in [0.717, 1.165) is 12.1 Å². The molecule has 1 heterocycles. The first-order valence-electron chi connectivity index (χ1n) is 5.26. The molecule has 92 valence electrons. The second-order valence-electron chi connectivity index (χ2n) is 3.63. The molecule has 1 aromatic carbocycles. The standard InChI is InChI=1S/C11H12F2N2O2/c12-8-2-1-3-9(13)10(8)14-11(16)15-4-6-17-7-5-15/h1-3H,4-7H2,(H,14,16). The molecule has 1 N–H and O–H groups in total. The predicted octanol–water partition coefficient (Wildman–Crippen LogP) is 1.83. The maximum Gasteiger partial charge on any atom is 0.322 e. The van der Waals surface area contributed by atoms with Gasteiger partial charge in [0.25, 0.3) is 0 Å². The minimum Gasteiger partial charge on any atom is -0.378 e. The maximum absolute atomic E-state index is 13.3. The van der Waals surface area contributed by atoms with Crippen LogP contribution in [0.2, 0.25) is 0 Å². The van der Waals surface area contributed by atoms with Crippen LogP contribution in [0.5, 0.6) is 0 Å². The average Bonchev–Trinajstić information content (AvgIpc) is 2.35. The van der Waals surface area contributed by atoms with Gasteiger partial charge in [-0.3, -0.25) is 0 Å². The van der Waals surface area contributed by atoms with Gasteiger partial charge in [-0.25, -0.2) is 13.6 Å². The Morgan fingerprint density at radius 1 is 1.24 bits per heavy atom. The van der Waals surface area contributed by atoms with Crippen LogP contribution < -0.4 is 5.32 Å². The molecule has 0 aliphatic carbocycles. The first-order valence-corrected chi connectivity index (χ1v) is 5.26. The van der Waals surface area contributed by atoms with Crippen molar-refractivity contribution in [1.29, 1.82) is 0 Å². The van der Waals surface area contributed by atoms with Crippen molar-refractivity contribution in [2.75, 3.05) is 31.6 Å². The quantitative estimate of drug-likeness (QED) is 0.816. The predicted molar refractivity (Wildman–Crippen MR) is 57.8 cm³/mol.